The van der Waals surface area contributed by atoms with Crippen molar-refractivity contribution in [1.29, 1.82) is 0 Å². The van der Waals surface area contributed by atoms with Crippen molar-refractivity contribution in [2.75, 3.05) is 10.6 Å². The number of carboxylic acids is 1. The highest BCUT2D eigenvalue weighted by atomic mass is 32.1. The van der Waals surface area contributed by atoms with Gasteiger partial charge in [-0.25, -0.2) is 23.1 Å². The first-order valence-corrected chi connectivity index (χ1v) is 9.18. The van der Waals surface area contributed by atoms with E-state index < -0.39 is 23.5 Å². The molecule has 3 heterocycles. The second kappa shape index (κ2) is 7.48. The van der Waals surface area contributed by atoms with E-state index in [-0.39, 0.29) is 28.3 Å². The van der Waals surface area contributed by atoms with Crippen molar-refractivity contribution in [3.8, 4) is 0 Å². The summed E-state index contributed by atoms with van der Waals surface area (Å²) < 4.78 is 32.0. The summed E-state index contributed by atoms with van der Waals surface area (Å²) in [6.07, 6.45) is 2.71. The zero-order valence-corrected chi connectivity index (χ0v) is 16.0. The van der Waals surface area contributed by atoms with E-state index in [1.807, 2.05) is 0 Å². The molecule has 0 aliphatic carbocycles. The molecule has 9 nitrogen and oxygen atoms in total. The number of carboxylic acid groups (broad SMARTS) is 1. The molecule has 3 N–H and O–H groups in total. The maximum Gasteiger partial charge on any atom is 0.341 e. The van der Waals surface area contributed by atoms with Crippen LogP contribution in [-0.4, -0.2) is 36.0 Å². The van der Waals surface area contributed by atoms with E-state index in [0.29, 0.717) is 10.7 Å². The Kier molecular flexibility index (Phi) is 4.83. The summed E-state index contributed by atoms with van der Waals surface area (Å²) in [5.41, 5.74) is 0.745. The molecule has 0 unspecified atom stereocenters. The highest BCUT2D eigenvalue weighted by Crippen LogP contribution is 2.29. The van der Waals surface area contributed by atoms with Crippen LogP contribution in [0.2, 0.25) is 0 Å². The second-order valence-electron chi connectivity index (χ2n) is 6.12. The van der Waals surface area contributed by atoms with Gasteiger partial charge in [-0.3, -0.25) is 4.79 Å². The molecule has 0 bridgehead atoms. The molecular formula is C18H12F2N6O3S. The largest absolute Gasteiger partial charge is 0.477 e. The minimum atomic E-state index is -1.17. The van der Waals surface area contributed by atoms with Crippen LogP contribution >= 0.6 is 11.5 Å². The third-order valence-electron chi connectivity index (χ3n) is 4.11. The van der Waals surface area contributed by atoms with Gasteiger partial charge in [0.25, 0.3) is 5.91 Å². The van der Waals surface area contributed by atoms with Crippen molar-refractivity contribution in [3.63, 3.8) is 0 Å². The number of rotatable bonds is 5. The molecule has 0 atom stereocenters. The SMILES string of the molecule is Cc1nsc(Nc2ccn3ncc(C(=O)O)c3n2)c1C(=O)Nc1ccc(F)c(F)c1. The van der Waals surface area contributed by atoms with Crippen LogP contribution in [0.5, 0.6) is 0 Å². The molecule has 0 saturated heterocycles. The first kappa shape index (κ1) is 19.4. The lowest BCUT2D eigenvalue weighted by Gasteiger charge is -2.09. The number of aryl methyl sites for hydroxylation is 1. The molecule has 0 saturated carbocycles. The summed E-state index contributed by atoms with van der Waals surface area (Å²) in [6.45, 7) is 1.62. The molecule has 4 aromatic rings. The lowest BCUT2D eigenvalue weighted by Crippen LogP contribution is -2.14. The van der Waals surface area contributed by atoms with Gasteiger partial charge < -0.3 is 15.7 Å². The average molecular weight is 430 g/mol. The van der Waals surface area contributed by atoms with Crippen molar-refractivity contribution in [3.05, 3.63) is 65.1 Å². The molecule has 152 valence electrons. The van der Waals surface area contributed by atoms with Crippen LogP contribution in [0, 0.1) is 18.6 Å². The van der Waals surface area contributed by atoms with Crippen LogP contribution in [0.15, 0.2) is 36.7 Å². The molecule has 0 radical (unpaired) electrons. The summed E-state index contributed by atoms with van der Waals surface area (Å²) >= 11 is 0.999. The van der Waals surface area contributed by atoms with E-state index in [9.17, 15) is 23.5 Å². The van der Waals surface area contributed by atoms with Crippen molar-refractivity contribution < 1.29 is 23.5 Å². The Morgan fingerprint density at radius 3 is 2.73 bits per heavy atom. The number of anilines is 3. The van der Waals surface area contributed by atoms with E-state index in [0.717, 1.165) is 23.7 Å². The van der Waals surface area contributed by atoms with Gasteiger partial charge in [0.05, 0.1) is 17.5 Å². The number of fused-ring (bicyclic) bond motifs is 1. The molecule has 0 spiro atoms. The maximum atomic E-state index is 13.4. The third-order valence-corrected chi connectivity index (χ3v) is 4.96. The van der Waals surface area contributed by atoms with E-state index in [2.05, 4.69) is 25.1 Å². The topological polar surface area (TPSA) is 122 Å². The molecule has 3 aromatic heterocycles. The van der Waals surface area contributed by atoms with E-state index in [4.69, 9.17) is 0 Å². The summed E-state index contributed by atoms with van der Waals surface area (Å²) in [7, 11) is 0. The highest BCUT2D eigenvalue weighted by Gasteiger charge is 2.20. The fourth-order valence-electron chi connectivity index (χ4n) is 2.70. The molecule has 4 rings (SSSR count). The summed E-state index contributed by atoms with van der Waals surface area (Å²) in [5, 5.41) is 18.9. The molecule has 0 aliphatic heterocycles. The summed E-state index contributed by atoms with van der Waals surface area (Å²) in [4.78, 5) is 28.2. The standard InChI is InChI=1S/C18H12F2N6O3S/c1-8-14(16(27)22-9-2-3-11(19)12(20)6-9)17(30-25-8)24-13-4-5-26-15(23-13)10(7-21-26)18(28)29/h2-7H,1H3,(H,22,27)(H,23,24)(H,28,29). The number of hydrogen-bond acceptors (Lipinski definition) is 7. The number of nitrogens with zero attached hydrogens (tertiary/aromatic N) is 4. The number of halogens is 2. The molecule has 12 heteroatoms. The van der Waals surface area contributed by atoms with Gasteiger partial charge in [-0.15, -0.1) is 0 Å². The predicted molar refractivity (Wildman–Crippen MR) is 104 cm³/mol. The number of amides is 1. The fraction of sp³-hybridized carbons (Fsp3) is 0.0556. The van der Waals surface area contributed by atoms with Gasteiger partial charge in [0.15, 0.2) is 17.3 Å². The predicted octanol–water partition coefficient (Wildman–Crippen LogP) is 3.47. The Morgan fingerprint density at radius 2 is 2.00 bits per heavy atom. The number of aromatic nitrogens is 4. The molecule has 1 amide bonds. The van der Waals surface area contributed by atoms with Crippen LogP contribution < -0.4 is 10.6 Å². The Hall–Kier alpha value is -3.93. The van der Waals surface area contributed by atoms with E-state index in [1.54, 1.807) is 13.0 Å². The van der Waals surface area contributed by atoms with Gasteiger partial charge in [0.2, 0.25) is 0 Å². The first-order valence-electron chi connectivity index (χ1n) is 8.41. The van der Waals surface area contributed by atoms with Crippen LogP contribution in [0.4, 0.5) is 25.3 Å². The molecule has 0 fully saturated rings. The van der Waals surface area contributed by atoms with Crippen LogP contribution in [0.1, 0.15) is 26.4 Å². The van der Waals surface area contributed by atoms with Crippen molar-refractivity contribution >= 4 is 45.6 Å². The normalized spacial score (nSPS) is 10.9. The van der Waals surface area contributed by atoms with Gasteiger partial charge in [0.1, 0.15) is 16.4 Å². The maximum absolute atomic E-state index is 13.4. The zero-order valence-electron chi connectivity index (χ0n) is 15.2. The lowest BCUT2D eigenvalue weighted by atomic mass is 10.2. The Labute approximate surface area is 171 Å². The number of benzene rings is 1. The van der Waals surface area contributed by atoms with Crippen molar-refractivity contribution in [1.82, 2.24) is 19.0 Å². The number of hydrogen-bond donors (Lipinski definition) is 3. The van der Waals surface area contributed by atoms with E-state index in [1.165, 1.54) is 23.0 Å². The summed E-state index contributed by atoms with van der Waals surface area (Å²) in [6, 6.07) is 4.57. The van der Waals surface area contributed by atoms with Gasteiger partial charge in [0, 0.05) is 18.0 Å². The molecular weight excluding hydrogens is 418 g/mol. The van der Waals surface area contributed by atoms with Crippen LogP contribution in [0.25, 0.3) is 5.65 Å². The fourth-order valence-corrected chi connectivity index (χ4v) is 3.50. The molecule has 1 aromatic carbocycles. The zero-order chi connectivity index (χ0) is 21.4. The summed E-state index contributed by atoms with van der Waals surface area (Å²) in [5.74, 6) is -3.58. The molecule has 0 aliphatic rings. The Balaban J connectivity index is 1.63. The minimum absolute atomic E-state index is 0.0737. The molecule has 30 heavy (non-hydrogen) atoms. The Bertz CT molecular complexity index is 1300. The van der Waals surface area contributed by atoms with Crippen molar-refractivity contribution in [2.45, 2.75) is 6.92 Å². The van der Waals surface area contributed by atoms with Crippen molar-refractivity contribution in [2.24, 2.45) is 0 Å². The van der Waals surface area contributed by atoms with Gasteiger partial charge >= 0.3 is 5.97 Å². The van der Waals surface area contributed by atoms with Crippen LogP contribution in [-0.2, 0) is 0 Å². The lowest BCUT2D eigenvalue weighted by molar-refractivity contribution is 0.0698. The van der Waals surface area contributed by atoms with Crippen LogP contribution in [0.3, 0.4) is 0 Å². The highest BCUT2D eigenvalue weighted by molar-refractivity contribution is 7.10. The van der Waals surface area contributed by atoms with Gasteiger partial charge in [-0.2, -0.15) is 9.47 Å². The number of carbonyl (C=O) groups excluding carboxylic acids is 1. The number of nitrogens with one attached hydrogen (secondary N) is 2. The third kappa shape index (κ3) is 3.55. The second-order valence-corrected chi connectivity index (χ2v) is 6.90. The smallest absolute Gasteiger partial charge is 0.341 e. The minimum Gasteiger partial charge on any atom is -0.477 e. The first-order chi connectivity index (χ1) is 14.3. The Morgan fingerprint density at radius 1 is 1.20 bits per heavy atom. The van der Waals surface area contributed by atoms with Gasteiger partial charge in [-0.05, 0) is 36.7 Å². The monoisotopic (exact) mass is 430 g/mol. The van der Waals surface area contributed by atoms with E-state index >= 15 is 0 Å². The van der Waals surface area contributed by atoms with Gasteiger partial charge in [-0.1, -0.05) is 0 Å². The average Bonchev–Trinajstić information content (AvgIpc) is 3.28. The quantitative estimate of drug-likeness (QED) is 0.443. The number of carbonyl (C=O) groups is 2. The number of aromatic carboxylic acids is 1.